The smallest absolute Gasteiger partial charge is 0.368 e. The van der Waals surface area contributed by atoms with E-state index in [4.69, 9.17) is 13.3 Å². The van der Waals surface area contributed by atoms with Gasteiger partial charge in [-0.2, -0.15) is 4.89 Å². The van der Waals surface area contributed by atoms with Gasteiger partial charge in [-0.1, -0.05) is 6.58 Å². The fourth-order valence-corrected chi connectivity index (χ4v) is 0.184. The molecule has 78 valence electrons. The van der Waals surface area contributed by atoms with Gasteiger partial charge in [-0.05, 0) is 13.8 Å². The number of rotatable bonds is 3. The van der Waals surface area contributed by atoms with Gasteiger partial charge in [-0.15, -0.1) is 0 Å². The molecule has 6 nitrogen and oxygen atoms in total. The normalized spacial score (nSPS) is 10.8. The molecule has 0 saturated carbocycles. The molecule has 0 rings (SSSR count). The van der Waals surface area contributed by atoms with Crippen molar-refractivity contribution in [1.82, 2.24) is 0 Å². The summed E-state index contributed by atoms with van der Waals surface area (Å²) in [4.78, 5) is 19.0. The lowest BCUT2D eigenvalue weighted by Crippen LogP contribution is -2.05. The highest BCUT2D eigenvalue weighted by molar-refractivity contribution is 7.73. The van der Waals surface area contributed by atoms with Crippen molar-refractivity contribution < 1.29 is 27.9 Å². The first-order valence-electron chi connectivity index (χ1n) is 3.19. The Morgan fingerprint density at radius 3 is 2.31 bits per heavy atom. The average molecular weight is 211 g/mol. The molecule has 0 aromatic heterocycles. The minimum atomic E-state index is -2.86. The van der Waals surface area contributed by atoms with Crippen molar-refractivity contribution >= 4 is 17.3 Å². The minimum absolute atomic E-state index is 0.337. The van der Waals surface area contributed by atoms with Crippen LogP contribution in [0.4, 0.5) is 0 Å². The molecule has 1 unspecified atom stereocenters. The van der Waals surface area contributed by atoms with Gasteiger partial charge in [0.2, 0.25) is 0 Å². The fourth-order valence-electron chi connectivity index (χ4n) is 0.184. The van der Waals surface area contributed by atoms with Gasteiger partial charge in [-0.3, -0.25) is 4.89 Å². The maximum Gasteiger partial charge on any atom is 0.368 e. The first-order valence-corrected chi connectivity index (χ1v) is 4.22. The molecule has 0 fully saturated rings. The Bertz CT molecular complexity index is 186. The van der Waals surface area contributed by atoms with Crippen LogP contribution in [0.2, 0.25) is 0 Å². The zero-order valence-electron chi connectivity index (χ0n) is 7.31. The Labute approximate surface area is 78.6 Å². The average Bonchev–Trinajstić information content (AvgIpc) is 1.98. The van der Waals surface area contributed by atoms with Crippen molar-refractivity contribution in [2.24, 2.45) is 0 Å². The maximum atomic E-state index is 10.5. The van der Waals surface area contributed by atoms with E-state index >= 15 is 0 Å². The molecule has 0 aliphatic rings. The highest BCUT2D eigenvalue weighted by atomic mass is 32.2. The van der Waals surface area contributed by atoms with E-state index in [0.29, 0.717) is 12.2 Å². The second kappa shape index (κ2) is 9.33. The first-order chi connectivity index (χ1) is 5.91. The van der Waals surface area contributed by atoms with Gasteiger partial charge in [0.25, 0.3) is 0 Å². The van der Waals surface area contributed by atoms with Crippen molar-refractivity contribution in [3.05, 3.63) is 12.2 Å². The molecule has 1 atom stereocenters. The van der Waals surface area contributed by atoms with E-state index in [9.17, 15) is 4.79 Å². The third kappa shape index (κ3) is 18.3. The highest BCUT2D eigenvalue weighted by Gasteiger charge is 2.01. The minimum Gasteiger partial charge on any atom is -0.750 e. The third-order valence-electron chi connectivity index (χ3n) is 0.601. The largest absolute Gasteiger partial charge is 0.750 e. The Morgan fingerprint density at radius 1 is 1.69 bits per heavy atom. The lowest BCUT2D eigenvalue weighted by molar-refractivity contribution is -0.265. The van der Waals surface area contributed by atoms with Crippen LogP contribution in [0.15, 0.2) is 12.2 Å². The van der Waals surface area contributed by atoms with Gasteiger partial charge < -0.3 is 9.11 Å². The van der Waals surface area contributed by atoms with Crippen LogP contribution in [-0.2, 0) is 25.9 Å². The molecule has 0 amide bonds. The van der Waals surface area contributed by atoms with Crippen LogP contribution in [0, 0.1) is 0 Å². The molecule has 0 aromatic carbocycles. The van der Waals surface area contributed by atoms with Crippen LogP contribution in [0.25, 0.3) is 0 Å². The summed E-state index contributed by atoms with van der Waals surface area (Å²) in [6, 6.07) is 0. The summed E-state index contributed by atoms with van der Waals surface area (Å²) >= 11 is -2.86. The summed E-state index contributed by atoms with van der Waals surface area (Å²) in [5.41, 5.74) is 0.337. The molecular formula is C6H11O6S-. The van der Waals surface area contributed by atoms with Crippen LogP contribution in [0.3, 0.4) is 0 Å². The summed E-state index contributed by atoms with van der Waals surface area (Å²) in [6.07, 6.45) is 0. The van der Waals surface area contributed by atoms with Gasteiger partial charge in [-0.25, -0.2) is 9.00 Å². The summed E-state index contributed by atoms with van der Waals surface area (Å²) in [7, 11) is 0. The Hall–Kier alpha value is -0.760. The van der Waals surface area contributed by atoms with Gasteiger partial charge >= 0.3 is 5.97 Å². The lowest BCUT2D eigenvalue weighted by atomic mass is 10.4. The quantitative estimate of drug-likeness (QED) is 0.314. The van der Waals surface area contributed by atoms with E-state index in [2.05, 4.69) is 16.4 Å². The highest BCUT2D eigenvalue weighted by Crippen LogP contribution is 1.91. The van der Waals surface area contributed by atoms with E-state index in [1.54, 1.807) is 13.8 Å². The van der Waals surface area contributed by atoms with E-state index in [0.717, 1.165) is 0 Å². The molecule has 7 heteroatoms. The molecular weight excluding hydrogens is 200 g/mol. The number of hydrogen-bond donors (Lipinski definition) is 1. The van der Waals surface area contributed by atoms with Gasteiger partial charge in [0.15, 0.2) is 0 Å². The predicted molar refractivity (Wildman–Crippen MR) is 44.1 cm³/mol. The summed E-state index contributed by atoms with van der Waals surface area (Å²) in [5.74, 6) is -0.517. The van der Waals surface area contributed by atoms with E-state index < -0.39 is 17.3 Å². The fraction of sp³-hybridized carbons (Fsp3) is 0.500. The Kier molecular flexibility index (Phi) is 10.6. The van der Waals surface area contributed by atoms with Gasteiger partial charge in [0.05, 0.1) is 18.0 Å². The molecule has 0 radical (unpaired) electrons. The van der Waals surface area contributed by atoms with Crippen LogP contribution in [0.5, 0.6) is 0 Å². The second-order valence-corrected chi connectivity index (χ2v) is 2.21. The van der Waals surface area contributed by atoms with Crippen LogP contribution in [-0.4, -0.2) is 25.9 Å². The van der Waals surface area contributed by atoms with Crippen molar-refractivity contribution in [2.75, 3.05) is 6.61 Å². The number of carbonyl (C=O) groups is 1. The zero-order valence-corrected chi connectivity index (χ0v) is 8.13. The van der Waals surface area contributed by atoms with Crippen LogP contribution in [0.1, 0.15) is 13.8 Å². The van der Waals surface area contributed by atoms with Gasteiger partial charge in [0, 0.05) is 5.57 Å². The molecule has 0 bridgehead atoms. The van der Waals surface area contributed by atoms with E-state index in [1.807, 2.05) is 0 Å². The molecule has 0 aliphatic heterocycles. The summed E-state index contributed by atoms with van der Waals surface area (Å²) < 4.78 is 24.1. The zero-order chi connectivity index (χ0) is 10.9. The molecule has 0 saturated heterocycles. The first kappa shape index (κ1) is 14.7. The monoisotopic (exact) mass is 211 g/mol. The molecule has 0 aliphatic carbocycles. The lowest BCUT2D eigenvalue weighted by Gasteiger charge is -1.97. The topological polar surface area (TPSA) is 95.9 Å². The molecule has 0 heterocycles. The molecule has 1 N–H and O–H groups in total. The van der Waals surface area contributed by atoms with Crippen molar-refractivity contribution in [1.29, 1.82) is 0 Å². The maximum absolute atomic E-state index is 10.5. The Balaban J connectivity index is 0. The van der Waals surface area contributed by atoms with Crippen LogP contribution < -0.4 is 0 Å². The second-order valence-electron chi connectivity index (χ2n) is 1.77. The SMILES string of the molecule is C=C(C)C(=O)OOCC.O=S([O-])O. The number of hydrogen-bond acceptors (Lipinski definition) is 5. The van der Waals surface area contributed by atoms with Crippen LogP contribution >= 0.6 is 0 Å². The summed E-state index contributed by atoms with van der Waals surface area (Å²) in [6.45, 7) is 7.00. The number of carbonyl (C=O) groups excluding carboxylic acids is 1. The van der Waals surface area contributed by atoms with Crippen molar-refractivity contribution in [3.63, 3.8) is 0 Å². The van der Waals surface area contributed by atoms with Gasteiger partial charge in [0.1, 0.15) is 0 Å². The standard InChI is InChI=1S/C6H10O3.H2O3S/c1-4-8-9-6(7)5(2)3;1-4(2)3/h2,4H2,1,3H3;(H2,1,2,3)/p-1. The van der Waals surface area contributed by atoms with E-state index in [-0.39, 0.29) is 0 Å². The summed E-state index contributed by atoms with van der Waals surface area (Å²) in [5, 5.41) is 0. The molecule has 0 spiro atoms. The molecule has 13 heavy (non-hydrogen) atoms. The predicted octanol–water partition coefficient (Wildman–Crippen LogP) is 0.396. The third-order valence-corrected chi connectivity index (χ3v) is 0.601. The van der Waals surface area contributed by atoms with E-state index in [1.165, 1.54) is 0 Å². The Morgan fingerprint density at radius 2 is 2.08 bits per heavy atom. The molecule has 0 aromatic rings. The van der Waals surface area contributed by atoms with Crippen molar-refractivity contribution in [3.8, 4) is 0 Å². The van der Waals surface area contributed by atoms with Crippen molar-refractivity contribution in [2.45, 2.75) is 13.8 Å².